The average molecular weight is 330 g/mol. The molecule has 1 heterocycles. The summed E-state index contributed by atoms with van der Waals surface area (Å²) in [5, 5.41) is 2.85. The molecular formula is C18H22N2O4. The van der Waals surface area contributed by atoms with Gasteiger partial charge in [-0.15, -0.1) is 0 Å². The van der Waals surface area contributed by atoms with Gasteiger partial charge in [-0.05, 0) is 50.3 Å². The van der Waals surface area contributed by atoms with E-state index in [0.717, 1.165) is 25.7 Å². The van der Waals surface area contributed by atoms with Crippen LogP contribution in [-0.4, -0.2) is 42.4 Å². The lowest BCUT2D eigenvalue weighted by molar-refractivity contribution is -0.147. The Morgan fingerprint density at radius 3 is 2.67 bits per heavy atom. The van der Waals surface area contributed by atoms with E-state index in [0.29, 0.717) is 24.2 Å². The predicted molar refractivity (Wildman–Crippen MR) is 88.5 cm³/mol. The molecule has 1 unspecified atom stereocenters. The van der Waals surface area contributed by atoms with Crippen molar-refractivity contribution >= 4 is 23.5 Å². The molecule has 1 N–H and O–H groups in total. The van der Waals surface area contributed by atoms with Gasteiger partial charge in [0, 0.05) is 23.7 Å². The summed E-state index contributed by atoms with van der Waals surface area (Å²) < 4.78 is 4.83. The lowest BCUT2D eigenvalue weighted by Gasteiger charge is -2.33. The number of nitrogens with one attached hydrogen (secondary N) is 1. The number of methoxy groups -OCH3 is 1. The van der Waals surface area contributed by atoms with Gasteiger partial charge in [-0.25, -0.2) is 4.79 Å². The Labute approximate surface area is 141 Å². The molecule has 2 aliphatic rings. The fourth-order valence-electron chi connectivity index (χ4n) is 3.04. The quantitative estimate of drug-likeness (QED) is 0.859. The minimum Gasteiger partial charge on any atom is -0.467 e. The Balaban J connectivity index is 1.75. The number of hydrogen-bond donors (Lipinski definition) is 1. The molecule has 1 atom stereocenters. The molecule has 0 spiro atoms. The molecule has 1 aliphatic heterocycles. The van der Waals surface area contributed by atoms with Crippen LogP contribution in [0.25, 0.3) is 0 Å². The van der Waals surface area contributed by atoms with E-state index in [-0.39, 0.29) is 23.7 Å². The van der Waals surface area contributed by atoms with Crippen molar-refractivity contribution < 1.29 is 19.1 Å². The number of rotatable bonds is 4. The highest BCUT2D eigenvalue weighted by molar-refractivity contribution is 5.99. The predicted octanol–water partition coefficient (Wildman–Crippen LogP) is 2.20. The Hall–Kier alpha value is -2.37. The van der Waals surface area contributed by atoms with Crippen LogP contribution in [0.15, 0.2) is 24.3 Å². The fraction of sp³-hybridized carbons (Fsp3) is 0.500. The van der Waals surface area contributed by atoms with E-state index in [2.05, 4.69) is 5.32 Å². The van der Waals surface area contributed by atoms with Crippen LogP contribution < -0.4 is 5.32 Å². The zero-order valence-electron chi connectivity index (χ0n) is 13.8. The smallest absolute Gasteiger partial charge is 0.328 e. The molecule has 1 aliphatic carbocycles. The maximum absolute atomic E-state index is 12.8. The second-order valence-corrected chi connectivity index (χ2v) is 6.38. The summed E-state index contributed by atoms with van der Waals surface area (Å²) in [7, 11) is 1.34. The molecule has 0 aromatic heterocycles. The van der Waals surface area contributed by atoms with Gasteiger partial charge in [-0.2, -0.15) is 0 Å². The summed E-state index contributed by atoms with van der Waals surface area (Å²) in [5.41, 5.74) is 1.09. The molecular weight excluding hydrogens is 308 g/mol. The summed E-state index contributed by atoms with van der Waals surface area (Å²) in [5.74, 6) is -0.464. The third-order valence-electron chi connectivity index (χ3n) is 4.56. The van der Waals surface area contributed by atoms with Crippen LogP contribution in [-0.2, 0) is 14.3 Å². The average Bonchev–Trinajstić information content (AvgIpc) is 3.46. The van der Waals surface area contributed by atoms with Crippen molar-refractivity contribution in [1.29, 1.82) is 0 Å². The van der Waals surface area contributed by atoms with Crippen molar-refractivity contribution in [3.63, 3.8) is 0 Å². The second-order valence-electron chi connectivity index (χ2n) is 6.38. The number of anilines is 1. The largest absolute Gasteiger partial charge is 0.467 e. The summed E-state index contributed by atoms with van der Waals surface area (Å²) in [4.78, 5) is 38.2. The van der Waals surface area contributed by atoms with Crippen molar-refractivity contribution in [2.45, 2.75) is 38.1 Å². The third kappa shape index (κ3) is 3.58. The lowest BCUT2D eigenvalue weighted by Crippen LogP contribution is -2.48. The maximum atomic E-state index is 12.8. The zero-order valence-corrected chi connectivity index (χ0v) is 13.8. The molecule has 1 aromatic rings. The third-order valence-corrected chi connectivity index (χ3v) is 4.56. The molecule has 24 heavy (non-hydrogen) atoms. The molecule has 2 amide bonds. The Morgan fingerprint density at radius 1 is 1.17 bits per heavy atom. The lowest BCUT2D eigenvalue weighted by atomic mass is 10.0. The Bertz CT molecular complexity index is 654. The summed E-state index contributed by atoms with van der Waals surface area (Å²) >= 11 is 0. The standard InChI is InChI=1S/C18H22N2O4/c1-24-18(23)15-7-2-3-10-20(15)17(22)13-5-4-6-14(11-13)19-16(21)12-8-9-12/h4-6,11-12,15H,2-3,7-10H2,1H3,(H,19,21). The molecule has 0 radical (unpaired) electrons. The highest BCUT2D eigenvalue weighted by Crippen LogP contribution is 2.30. The highest BCUT2D eigenvalue weighted by atomic mass is 16.5. The number of amides is 2. The van der Waals surface area contributed by atoms with Crippen LogP contribution >= 0.6 is 0 Å². The molecule has 128 valence electrons. The minimum absolute atomic E-state index is 0.00464. The highest BCUT2D eigenvalue weighted by Gasteiger charge is 2.33. The zero-order chi connectivity index (χ0) is 17.1. The first kappa shape index (κ1) is 16.5. The number of benzene rings is 1. The normalized spacial score (nSPS) is 20.4. The van der Waals surface area contributed by atoms with Crippen molar-refractivity contribution in [1.82, 2.24) is 4.90 Å². The number of ether oxygens (including phenoxy) is 1. The van der Waals surface area contributed by atoms with Crippen molar-refractivity contribution in [2.75, 3.05) is 19.0 Å². The number of hydrogen-bond acceptors (Lipinski definition) is 4. The first-order valence-corrected chi connectivity index (χ1v) is 8.40. The van der Waals surface area contributed by atoms with Gasteiger partial charge >= 0.3 is 5.97 Å². The Morgan fingerprint density at radius 2 is 1.96 bits per heavy atom. The van der Waals surface area contributed by atoms with Gasteiger partial charge in [-0.3, -0.25) is 9.59 Å². The van der Waals surface area contributed by atoms with Crippen LogP contribution in [0.1, 0.15) is 42.5 Å². The van der Waals surface area contributed by atoms with Gasteiger partial charge in [-0.1, -0.05) is 6.07 Å². The number of esters is 1. The second kappa shape index (κ2) is 7.03. The summed E-state index contributed by atoms with van der Waals surface area (Å²) in [6, 6.07) is 6.36. The SMILES string of the molecule is COC(=O)C1CCCCN1C(=O)c1cccc(NC(=O)C2CC2)c1. The monoisotopic (exact) mass is 330 g/mol. The maximum Gasteiger partial charge on any atom is 0.328 e. The van der Waals surface area contributed by atoms with Crippen LogP contribution in [0.5, 0.6) is 0 Å². The van der Waals surface area contributed by atoms with Gasteiger partial charge in [0.2, 0.25) is 5.91 Å². The van der Waals surface area contributed by atoms with Crippen LogP contribution in [0, 0.1) is 5.92 Å². The van der Waals surface area contributed by atoms with Gasteiger partial charge < -0.3 is 15.0 Å². The molecule has 0 bridgehead atoms. The van der Waals surface area contributed by atoms with Crippen molar-refractivity contribution in [2.24, 2.45) is 5.92 Å². The molecule has 2 fully saturated rings. The van der Waals surface area contributed by atoms with Crippen LogP contribution in [0.2, 0.25) is 0 Å². The molecule has 3 rings (SSSR count). The van der Waals surface area contributed by atoms with E-state index < -0.39 is 6.04 Å². The van der Waals surface area contributed by atoms with Gasteiger partial charge in [0.25, 0.3) is 5.91 Å². The Kier molecular flexibility index (Phi) is 4.83. The number of carbonyl (C=O) groups is 3. The number of likely N-dealkylation sites (tertiary alicyclic amines) is 1. The molecule has 6 nitrogen and oxygen atoms in total. The van der Waals surface area contributed by atoms with Crippen LogP contribution in [0.3, 0.4) is 0 Å². The van der Waals surface area contributed by atoms with Crippen molar-refractivity contribution in [3.8, 4) is 0 Å². The van der Waals surface area contributed by atoms with E-state index in [1.54, 1.807) is 29.2 Å². The number of piperidine rings is 1. The first-order valence-electron chi connectivity index (χ1n) is 8.40. The van der Waals surface area contributed by atoms with Gasteiger partial charge in [0.1, 0.15) is 6.04 Å². The number of carbonyl (C=O) groups excluding carboxylic acids is 3. The fourth-order valence-corrected chi connectivity index (χ4v) is 3.04. The molecule has 1 saturated carbocycles. The van der Waals surface area contributed by atoms with E-state index in [9.17, 15) is 14.4 Å². The summed E-state index contributed by atoms with van der Waals surface area (Å²) in [6.45, 7) is 0.539. The van der Waals surface area contributed by atoms with E-state index in [1.807, 2.05) is 0 Å². The van der Waals surface area contributed by atoms with Gasteiger partial charge in [0.05, 0.1) is 7.11 Å². The molecule has 1 saturated heterocycles. The minimum atomic E-state index is -0.527. The number of nitrogens with zero attached hydrogens (tertiary/aromatic N) is 1. The van der Waals surface area contributed by atoms with E-state index in [1.165, 1.54) is 7.11 Å². The van der Waals surface area contributed by atoms with E-state index >= 15 is 0 Å². The van der Waals surface area contributed by atoms with Crippen molar-refractivity contribution in [3.05, 3.63) is 29.8 Å². The van der Waals surface area contributed by atoms with Crippen LogP contribution in [0.4, 0.5) is 5.69 Å². The molecule has 1 aromatic carbocycles. The van der Waals surface area contributed by atoms with Gasteiger partial charge in [0.15, 0.2) is 0 Å². The summed E-state index contributed by atoms with van der Waals surface area (Å²) in [6.07, 6.45) is 4.26. The molecule has 6 heteroatoms. The topological polar surface area (TPSA) is 75.7 Å². The van der Waals surface area contributed by atoms with E-state index in [4.69, 9.17) is 4.74 Å². The first-order chi connectivity index (χ1) is 11.6.